The van der Waals surface area contributed by atoms with Crippen LogP contribution in [-0.2, 0) is 18.7 Å². The van der Waals surface area contributed by atoms with Gasteiger partial charge in [0, 0.05) is 10.5 Å². The zero-order chi connectivity index (χ0) is 23.4. The quantitative estimate of drug-likeness (QED) is 0.123. The van der Waals surface area contributed by atoms with Gasteiger partial charge in [-0.1, -0.05) is 56.2 Å². The van der Waals surface area contributed by atoms with Gasteiger partial charge in [0.2, 0.25) is 0 Å². The van der Waals surface area contributed by atoms with Gasteiger partial charge in [0.1, 0.15) is 24.4 Å². The molecule has 0 amide bonds. The molecule has 1 fully saturated rings. The van der Waals surface area contributed by atoms with Crippen LogP contribution in [0.15, 0.2) is 35.4 Å². The molecule has 10 nitrogen and oxygen atoms in total. The molecule has 1 saturated heterocycles. The molecule has 0 saturated carbocycles. The molecule has 1 aromatic rings. The van der Waals surface area contributed by atoms with Crippen molar-refractivity contribution >= 4 is 20.1 Å². The van der Waals surface area contributed by atoms with Gasteiger partial charge >= 0.3 is 5.97 Å². The minimum Gasteiger partial charge on any atom is -0.453 e. The first-order valence-corrected chi connectivity index (χ1v) is 12.8. The Bertz CT molecular complexity index is 837. The molecule has 0 aliphatic carbocycles. The lowest BCUT2D eigenvalue weighted by atomic mass is 9.97. The molecular formula is C20H29N3O7Si. The third kappa shape index (κ3) is 5.70. The first-order chi connectivity index (χ1) is 14.4. The fraction of sp³-hybridized carbons (Fsp3) is 0.600. The van der Waals surface area contributed by atoms with Crippen LogP contribution in [0.3, 0.4) is 0 Å². The molecule has 2 rings (SSSR count). The number of benzene rings is 1. The number of carbonyl (C=O) groups excluding carboxylic acids is 2. The number of hydrogen-bond donors (Lipinski definition) is 2. The molecule has 31 heavy (non-hydrogen) atoms. The minimum atomic E-state index is -2.45. The third-order valence-electron chi connectivity index (χ3n) is 5.69. The molecule has 1 heterocycles. The number of carbonyl (C=O) groups is 2. The van der Waals surface area contributed by atoms with E-state index < -0.39 is 57.3 Å². The first kappa shape index (κ1) is 25.0. The summed E-state index contributed by atoms with van der Waals surface area (Å²) in [6.45, 7) is 9.30. The third-order valence-corrected chi connectivity index (χ3v) is 10.1. The summed E-state index contributed by atoms with van der Waals surface area (Å²) in [5, 5.41) is 23.7. The Hall–Kier alpha value is -2.27. The van der Waals surface area contributed by atoms with Crippen molar-refractivity contribution in [1.29, 1.82) is 0 Å². The summed E-state index contributed by atoms with van der Waals surface area (Å²) in [7, 11) is -2.45. The second kappa shape index (κ2) is 9.90. The van der Waals surface area contributed by atoms with Gasteiger partial charge in [0.15, 0.2) is 14.6 Å². The Labute approximate surface area is 181 Å². The molecule has 2 N–H and O–H groups in total. The van der Waals surface area contributed by atoms with Crippen molar-refractivity contribution in [2.75, 3.05) is 6.61 Å². The summed E-state index contributed by atoms with van der Waals surface area (Å²) in [4.78, 5) is 27.7. The van der Waals surface area contributed by atoms with Crippen LogP contribution in [0.4, 0.5) is 0 Å². The molecule has 0 spiro atoms. The molecule has 0 bridgehead atoms. The normalized spacial score (nSPS) is 26.6. The van der Waals surface area contributed by atoms with E-state index in [2.05, 4.69) is 10.0 Å². The summed E-state index contributed by atoms with van der Waals surface area (Å²) in [5.41, 5.74) is 9.18. The fourth-order valence-corrected chi connectivity index (χ4v) is 3.95. The van der Waals surface area contributed by atoms with E-state index in [4.69, 9.17) is 19.4 Å². The topological polar surface area (TPSA) is 151 Å². The van der Waals surface area contributed by atoms with Crippen LogP contribution in [0.1, 0.15) is 31.1 Å². The van der Waals surface area contributed by atoms with Gasteiger partial charge in [-0.15, -0.1) is 0 Å². The van der Waals surface area contributed by atoms with E-state index in [0.29, 0.717) is 0 Å². The Morgan fingerprint density at radius 3 is 2.39 bits per heavy atom. The number of rotatable bonds is 7. The zero-order valence-electron chi connectivity index (χ0n) is 18.3. The van der Waals surface area contributed by atoms with Crippen LogP contribution in [0.25, 0.3) is 10.4 Å². The SMILES string of the molecule is CC(C)(C)[Si](C)(C)OC1OC(CO)C(O)[C@H](OC(=O)C(=O)c2ccccc2)[C@@H]1N=[N+]=[N-]. The van der Waals surface area contributed by atoms with E-state index in [1.807, 2.05) is 33.9 Å². The maximum absolute atomic E-state index is 12.5. The molecule has 0 radical (unpaired) electrons. The van der Waals surface area contributed by atoms with Gasteiger partial charge in [0.05, 0.1) is 6.61 Å². The van der Waals surface area contributed by atoms with E-state index >= 15 is 0 Å². The Morgan fingerprint density at radius 2 is 1.87 bits per heavy atom. The molecule has 0 aromatic heterocycles. The van der Waals surface area contributed by atoms with Gasteiger partial charge in [-0.2, -0.15) is 0 Å². The number of aliphatic hydroxyl groups is 2. The lowest BCUT2D eigenvalue weighted by Crippen LogP contribution is -2.62. The zero-order valence-corrected chi connectivity index (χ0v) is 19.3. The summed E-state index contributed by atoms with van der Waals surface area (Å²) in [5.74, 6) is -2.14. The maximum Gasteiger partial charge on any atom is 0.380 e. The monoisotopic (exact) mass is 451 g/mol. The van der Waals surface area contributed by atoms with E-state index in [0.717, 1.165) is 0 Å². The molecule has 1 aliphatic rings. The van der Waals surface area contributed by atoms with Crippen LogP contribution in [-0.4, -0.2) is 67.5 Å². The summed E-state index contributed by atoms with van der Waals surface area (Å²) >= 11 is 0. The number of nitrogens with zero attached hydrogens (tertiary/aromatic N) is 3. The Morgan fingerprint density at radius 1 is 1.26 bits per heavy atom. The van der Waals surface area contributed by atoms with Gasteiger partial charge < -0.3 is 24.1 Å². The van der Waals surface area contributed by atoms with Crippen molar-refractivity contribution in [2.24, 2.45) is 5.11 Å². The second-order valence-electron chi connectivity index (χ2n) is 8.85. The molecule has 1 aliphatic heterocycles. The minimum absolute atomic E-state index is 0.113. The summed E-state index contributed by atoms with van der Waals surface area (Å²) in [6, 6.07) is 6.53. The highest BCUT2D eigenvalue weighted by molar-refractivity contribution is 6.74. The predicted molar refractivity (Wildman–Crippen MR) is 114 cm³/mol. The van der Waals surface area contributed by atoms with Crippen molar-refractivity contribution in [2.45, 2.75) is 69.5 Å². The van der Waals surface area contributed by atoms with Crippen LogP contribution < -0.4 is 0 Å². The smallest absolute Gasteiger partial charge is 0.380 e. The number of hydrogen-bond acceptors (Lipinski definition) is 8. The number of aliphatic hydroxyl groups excluding tert-OH is 2. The summed E-state index contributed by atoms with van der Waals surface area (Å²) < 4.78 is 17.2. The highest BCUT2D eigenvalue weighted by Crippen LogP contribution is 2.39. The van der Waals surface area contributed by atoms with E-state index in [1.165, 1.54) is 12.1 Å². The molecular weight excluding hydrogens is 422 g/mol. The number of esters is 1. The largest absolute Gasteiger partial charge is 0.453 e. The second-order valence-corrected chi connectivity index (χ2v) is 13.6. The molecule has 170 valence electrons. The van der Waals surface area contributed by atoms with Crippen molar-refractivity contribution in [1.82, 2.24) is 0 Å². The van der Waals surface area contributed by atoms with Crippen LogP contribution in [0.5, 0.6) is 0 Å². The van der Waals surface area contributed by atoms with E-state index in [1.54, 1.807) is 18.2 Å². The van der Waals surface area contributed by atoms with Gasteiger partial charge in [0.25, 0.3) is 5.78 Å². The van der Waals surface area contributed by atoms with Crippen molar-refractivity contribution in [3.05, 3.63) is 46.3 Å². The Balaban J connectivity index is 2.34. The van der Waals surface area contributed by atoms with Crippen molar-refractivity contribution < 1.29 is 33.7 Å². The molecule has 5 atom stereocenters. The highest BCUT2D eigenvalue weighted by atomic mass is 28.4. The molecule has 3 unspecified atom stereocenters. The number of azide groups is 1. The van der Waals surface area contributed by atoms with Crippen LogP contribution in [0.2, 0.25) is 18.1 Å². The fourth-order valence-electron chi connectivity index (χ4n) is 2.82. The lowest BCUT2D eigenvalue weighted by molar-refractivity contribution is -0.247. The Kier molecular flexibility index (Phi) is 7.98. The van der Waals surface area contributed by atoms with Crippen LogP contribution >= 0.6 is 0 Å². The van der Waals surface area contributed by atoms with Crippen molar-refractivity contribution in [3.63, 3.8) is 0 Å². The van der Waals surface area contributed by atoms with Gasteiger partial charge in [-0.3, -0.25) is 4.79 Å². The average Bonchev–Trinajstić information content (AvgIpc) is 2.71. The highest BCUT2D eigenvalue weighted by Gasteiger charge is 2.51. The molecule has 11 heteroatoms. The standard InChI is InChI=1S/C20H29N3O7Si/c1-20(2,3)31(4,5)30-19-14(22-23-21)17(16(26)13(11-24)28-19)29-18(27)15(25)12-9-7-6-8-10-12/h6-10,13-14,16-17,19,24,26H,11H2,1-5H3/t13?,14-,16?,17+,19?/m0/s1. The van der Waals surface area contributed by atoms with Gasteiger partial charge in [-0.25, -0.2) is 4.79 Å². The molecule has 1 aromatic carbocycles. The lowest BCUT2D eigenvalue weighted by Gasteiger charge is -2.46. The first-order valence-electron chi connectivity index (χ1n) is 9.89. The van der Waals surface area contributed by atoms with Gasteiger partial charge in [-0.05, 0) is 23.7 Å². The predicted octanol–water partition coefficient (Wildman–Crippen LogP) is 2.56. The number of ether oxygens (including phenoxy) is 2. The van der Waals surface area contributed by atoms with Crippen LogP contribution in [0, 0.1) is 0 Å². The number of ketones is 1. The summed E-state index contributed by atoms with van der Waals surface area (Å²) in [6.07, 6.45) is -5.32. The number of Topliss-reactive ketones (excluding diaryl/α,β-unsaturated/α-hetero) is 1. The average molecular weight is 452 g/mol. The van der Waals surface area contributed by atoms with Crippen molar-refractivity contribution in [3.8, 4) is 0 Å². The maximum atomic E-state index is 12.5. The van der Waals surface area contributed by atoms with E-state index in [-0.39, 0.29) is 10.6 Å². The van der Waals surface area contributed by atoms with E-state index in [9.17, 15) is 19.8 Å².